The summed E-state index contributed by atoms with van der Waals surface area (Å²) in [6.07, 6.45) is -0.508. The van der Waals surface area contributed by atoms with Crippen molar-refractivity contribution in [2.75, 3.05) is 13.6 Å². The van der Waals surface area contributed by atoms with E-state index in [1.54, 1.807) is 12.1 Å². The minimum atomic E-state index is -0.508. The van der Waals surface area contributed by atoms with Crippen molar-refractivity contribution in [1.82, 2.24) is 4.90 Å². The third kappa shape index (κ3) is 3.49. The third-order valence-corrected chi connectivity index (χ3v) is 3.95. The maximum atomic E-state index is 10.6. The Labute approximate surface area is 134 Å². The molecule has 2 aromatic rings. The Morgan fingerprint density at radius 3 is 2.74 bits per heavy atom. The number of nitro groups is 1. The highest BCUT2D eigenvalue weighted by molar-refractivity contribution is 5.39. The molecule has 120 valence electrons. The zero-order valence-corrected chi connectivity index (χ0v) is 12.8. The van der Waals surface area contributed by atoms with Gasteiger partial charge >= 0.3 is 0 Å². The zero-order valence-electron chi connectivity index (χ0n) is 12.8. The van der Waals surface area contributed by atoms with Crippen LogP contribution in [0.2, 0.25) is 0 Å². The average Bonchev–Trinajstić information content (AvgIpc) is 2.53. The lowest BCUT2D eigenvalue weighted by molar-refractivity contribution is -0.384. The number of hydrogen-bond donors (Lipinski definition) is 1. The molecule has 0 bridgehead atoms. The third-order valence-electron chi connectivity index (χ3n) is 3.95. The highest BCUT2D eigenvalue weighted by atomic mass is 16.6. The predicted octanol–water partition coefficient (Wildman–Crippen LogP) is 2.65. The lowest BCUT2D eigenvalue weighted by atomic mass is 9.97. The number of hydrogen-bond acceptors (Lipinski definition) is 5. The van der Waals surface area contributed by atoms with E-state index in [0.29, 0.717) is 18.9 Å². The van der Waals surface area contributed by atoms with E-state index in [-0.39, 0.29) is 5.69 Å². The number of β-amino-alcohol motifs (C(OH)–C–C–N with tert-alkyl or cyclic N) is 1. The van der Waals surface area contributed by atoms with Gasteiger partial charge in [-0.05, 0) is 48.0 Å². The number of ether oxygens (including phenoxy) is 1. The van der Waals surface area contributed by atoms with Crippen molar-refractivity contribution in [2.45, 2.75) is 19.3 Å². The molecule has 0 saturated carbocycles. The molecule has 0 aromatic heterocycles. The van der Waals surface area contributed by atoms with Gasteiger partial charge in [0.1, 0.15) is 12.4 Å². The van der Waals surface area contributed by atoms with Gasteiger partial charge in [-0.25, -0.2) is 0 Å². The van der Waals surface area contributed by atoms with Crippen LogP contribution in [0.1, 0.15) is 22.8 Å². The lowest BCUT2D eigenvalue weighted by Crippen LogP contribution is -2.30. The van der Waals surface area contributed by atoms with Gasteiger partial charge in [0.05, 0.1) is 11.0 Å². The lowest BCUT2D eigenvalue weighted by Gasteiger charge is -2.29. The summed E-state index contributed by atoms with van der Waals surface area (Å²) in [6.45, 7) is 1.75. The van der Waals surface area contributed by atoms with E-state index >= 15 is 0 Å². The summed E-state index contributed by atoms with van der Waals surface area (Å²) < 4.78 is 5.74. The quantitative estimate of drug-likeness (QED) is 0.693. The first-order valence-corrected chi connectivity index (χ1v) is 7.38. The van der Waals surface area contributed by atoms with E-state index in [1.165, 1.54) is 12.1 Å². The molecule has 1 aliphatic heterocycles. The Hall–Kier alpha value is -2.44. The Morgan fingerprint density at radius 2 is 2.04 bits per heavy atom. The molecule has 0 fully saturated rings. The van der Waals surface area contributed by atoms with Gasteiger partial charge in [0.2, 0.25) is 0 Å². The molecule has 2 aromatic carbocycles. The maximum absolute atomic E-state index is 10.6. The fourth-order valence-electron chi connectivity index (χ4n) is 2.75. The van der Waals surface area contributed by atoms with Crippen LogP contribution in [-0.4, -0.2) is 28.5 Å². The van der Waals surface area contributed by atoms with Gasteiger partial charge in [-0.3, -0.25) is 15.0 Å². The molecule has 1 atom stereocenters. The van der Waals surface area contributed by atoms with Gasteiger partial charge in [-0.1, -0.05) is 6.07 Å². The highest BCUT2D eigenvalue weighted by Crippen LogP contribution is 2.29. The molecule has 6 nitrogen and oxygen atoms in total. The van der Waals surface area contributed by atoms with Gasteiger partial charge in [0.15, 0.2) is 0 Å². The van der Waals surface area contributed by atoms with E-state index < -0.39 is 11.0 Å². The van der Waals surface area contributed by atoms with Crippen LogP contribution in [0, 0.1) is 10.1 Å². The van der Waals surface area contributed by atoms with Gasteiger partial charge in [0, 0.05) is 25.2 Å². The largest absolute Gasteiger partial charge is 0.489 e. The van der Waals surface area contributed by atoms with E-state index in [0.717, 1.165) is 23.2 Å². The van der Waals surface area contributed by atoms with Crippen LogP contribution in [0.15, 0.2) is 42.5 Å². The molecular formula is C17H18N2O4. The molecular weight excluding hydrogens is 296 g/mol. The number of aliphatic hydroxyl groups excluding tert-OH is 1. The van der Waals surface area contributed by atoms with Crippen molar-refractivity contribution < 1.29 is 14.8 Å². The van der Waals surface area contributed by atoms with E-state index in [4.69, 9.17) is 4.74 Å². The Bertz CT molecular complexity index is 715. The smallest absolute Gasteiger partial charge is 0.269 e. The minimum Gasteiger partial charge on any atom is -0.489 e. The summed E-state index contributed by atoms with van der Waals surface area (Å²) in [5, 5.41) is 20.8. The second-order valence-corrected chi connectivity index (χ2v) is 5.79. The van der Waals surface area contributed by atoms with Crippen LogP contribution in [0.25, 0.3) is 0 Å². The highest BCUT2D eigenvalue weighted by Gasteiger charge is 2.21. The normalized spacial score (nSPS) is 17.6. The molecule has 6 heteroatoms. The molecule has 3 rings (SSSR count). The van der Waals surface area contributed by atoms with Crippen LogP contribution in [-0.2, 0) is 13.2 Å². The number of likely N-dealkylation sites (N-methyl/N-ethyl adjacent to an activating group) is 1. The fourth-order valence-corrected chi connectivity index (χ4v) is 2.75. The number of fused-ring (bicyclic) bond motifs is 1. The Morgan fingerprint density at radius 1 is 1.30 bits per heavy atom. The number of nitrogens with zero attached hydrogens (tertiary/aromatic N) is 2. The van der Waals surface area contributed by atoms with Gasteiger partial charge in [-0.2, -0.15) is 0 Å². The van der Waals surface area contributed by atoms with Crippen molar-refractivity contribution in [1.29, 1.82) is 0 Å². The number of non-ortho nitro benzene ring substituents is 1. The number of benzene rings is 2. The second kappa shape index (κ2) is 6.36. The first kappa shape index (κ1) is 15.5. The Balaban J connectivity index is 1.69. The summed E-state index contributed by atoms with van der Waals surface area (Å²) in [7, 11) is 1.98. The van der Waals surface area contributed by atoms with Crippen LogP contribution < -0.4 is 4.74 Å². The second-order valence-electron chi connectivity index (χ2n) is 5.79. The van der Waals surface area contributed by atoms with Crippen LogP contribution in [0.5, 0.6) is 5.75 Å². The molecule has 1 N–H and O–H groups in total. The summed E-state index contributed by atoms with van der Waals surface area (Å²) in [4.78, 5) is 12.3. The summed E-state index contributed by atoms with van der Waals surface area (Å²) in [5.41, 5.74) is 2.93. The SMILES string of the molecule is CN1Cc2ccc(OCc3ccc([N+](=O)[O-])cc3)cc2[C@@H](O)C1. The van der Waals surface area contributed by atoms with Gasteiger partial charge < -0.3 is 9.84 Å². The van der Waals surface area contributed by atoms with Crippen molar-refractivity contribution in [3.8, 4) is 5.75 Å². The standard InChI is InChI=1S/C17H18N2O4/c1-18-9-13-4-7-15(8-16(13)17(20)10-18)23-11-12-2-5-14(6-3-12)19(21)22/h2-8,17,20H,9-11H2,1H3/t17-/m0/s1. The monoisotopic (exact) mass is 314 g/mol. The van der Waals surface area contributed by atoms with Crippen LogP contribution in [0.3, 0.4) is 0 Å². The number of rotatable bonds is 4. The topological polar surface area (TPSA) is 75.8 Å². The molecule has 0 unspecified atom stereocenters. The molecule has 0 radical (unpaired) electrons. The molecule has 0 amide bonds. The predicted molar refractivity (Wildman–Crippen MR) is 85.2 cm³/mol. The Kier molecular flexibility index (Phi) is 4.27. The fraction of sp³-hybridized carbons (Fsp3) is 0.294. The summed E-state index contributed by atoms with van der Waals surface area (Å²) >= 11 is 0. The maximum Gasteiger partial charge on any atom is 0.269 e. The van der Waals surface area contributed by atoms with Crippen molar-refractivity contribution >= 4 is 5.69 Å². The molecule has 1 aliphatic rings. The summed E-state index contributed by atoms with van der Waals surface area (Å²) in [6, 6.07) is 12.0. The number of nitro benzene ring substituents is 1. The molecule has 0 saturated heterocycles. The summed E-state index contributed by atoms with van der Waals surface area (Å²) in [5.74, 6) is 0.686. The van der Waals surface area contributed by atoms with Gasteiger partial charge in [0.25, 0.3) is 5.69 Å². The van der Waals surface area contributed by atoms with Gasteiger partial charge in [-0.15, -0.1) is 0 Å². The zero-order chi connectivity index (χ0) is 16.4. The first-order valence-electron chi connectivity index (χ1n) is 7.38. The van der Waals surface area contributed by atoms with E-state index in [9.17, 15) is 15.2 Å². The van der Waals surface area contributed by atoms with E-state index in [2.05, 4.69) is 4.90 Å². The van der Waals surface area contributed by atoms with Crippen LogP contribution in [0.4, 0.5) is 5.69 Å². The minimum absolute atomic E-state index is 0.0646. The van der Waals surface area contributed by atoms with Crippen LogP contribution >= 0.6 is 0 Å². The van der Waals surface area contributed by atoms with E-state index in [1.807, 2.05) is 25.2 Å². The molecule has 1 heterocycles. The molecule has 0 spiro atoms. The molecule has 23 heavy (non-hydrogen) atoms. The van der Waals surface area contributed by atoms with Crippen molar-refractivity contribution in [2.24, 2.45) is 0 Å². The van der Waals surface area contributed by atoms with Crippen molar-refractivity contribution in [3.05, 3.63) is 69.3 Å². The first-order chi connectivity index (χ1) is 11.0. The van der Waals surface area contributed by atoms with Crippen molar-refractivity contribution in [3.63, 3.8) is 0 Å². The average molecular weight is 314 g/mol. The molecule has 0 aliphatic carbocycles. The number of aliphatic hydroxyl groups is 1.